The quantitative estimate of drug-likeness (QED) is 0.817. The minimum absolute atomic E-state index is 0.0209. The molecule has 1 amide bonds. The van der Waals surface area contributed by atoms with Gasteiger partial charge in [0.15, 0.2) is 0 Å². The normalized spacial score (nSPS) is 26.0. The van der Waals surface area contributed by atoms with Crippen LogP contribution in [0, 0.1) is 18.8 Å². The number of carbonyl (C=O) groups excluding carboxylic acids is 1. The van der Waals surface area contributed by atoms with Crippen molar-refractivity contribution in [2.24, 2.45) is 11.8 Å². The highest BCUT2D eigenvalue weighted by Gasteiger charge is 2.36. The van der Waals surface area contributed by atoms with E-state index < -0.39 is 0 Å². The lowest BCUT2D eigenvalue weighted by Gasteiger charge is -2.34. The predicted molar refractivity (Wildman–Crippen MR) is 90.7 cm³/mol. The van der Waals surface area contributed by atoms with Crippen molar-refractivity contribution in [2.75, 3.05) is 59.5 Å². The maximum absolute atomic E-state index is 12.8. The Bertz CT molecular complexity index is 574. The molecule has 1 aromatic heterocycles. The fourth-order valence-corrected chi connectivity index (χ4v) is 3.65. The van der Waals surface area contributed by atoms with Gasteiger partial charge >= 0.3 is 0 Å². The first kappa shape index (κ1) is 17.3. The number of aliphatic hydroxyl groups excluding tert-OH is 1. The van der Waals surface area contributed by atoms with Gasteiger partial charge in [-0.3, -0.25) is 4.79 Å². The number of aromatic nitrogens is 2. The number of piperazine rings is 1. The summed E-state index contributed by atoms with van der Waals surface area (Å²) < 4.78 is 0. The highest BCUT2D eigenvalue weighted by atomic mass is 16.3. The van der Waals surface area contributed by atoms with Crippen LogP contribution in [0.15, 0.2) is 12.5 Å². The largest absolute Gasteiger partial charge is 0.396 e. The topological polar surface area (TPSA) is 72.8 Å². The molecule has 1 N–H and O–H groups in total. The van der Waals surface area contributed by atoms with Crippen LogP contribution in [-0.4, -0.2) is 95.1 Å². The average molecular weight is 333 g/mol. The summed E-state index contributed by atoms with van der Waals surface area (Å²) in [6.45, 7) is 8.51. The number of nitrogens with zero attached hydrogens (tertiary/aromatic N) is 5. The number of carbonyl (C=O) groups is 1. The molecular weight excluding hydrogens is 306 g/mol. The number of rotatable bonds is 4. The van der Waals surface area contributed by atoms with Gasteiger partial charge in [-0.2, -0.15) is 0 Å². The van der Waals surface area contributed by atoms with E-state index in [0.717, 1.165) is 32.7 Å². The monoisotopic (exact) mass is 333 g/mol. The highest BCUT2D eigenvalue weighted by molar-refractivity contribution is 5.95. The summed E-state index contributed by atoms with van der Waals surface area (Å²) in [5.41, 5.74) is 1.27. The molecule has 0 aliphatic carbocycles. The van der Waals surface area contributed by atoms with Crippen molar-refractivity contribution in [2.45, 2.75) is 6.92 Å². The van der Waals surface area contributed by atoms with Crippen molar-refractivity contribution in [3.05, 3.63) is 23.8 Å². The van der Waals surface area contributed by atoms with E-state index in [-0.39, 0.29) is 18.4 Å². The lowest BCUT2D eigenvalue weighted by Crippen LogP contribution is -2.47. The van der Waals surface area contributed by atoms with Gasteiger partial charge in [0.2, 0.25) is 0 Å². The Morgan fingerprint density at radius 2 is 1.96 bits per heavy atom. The van der Waals surface area contributed by atoms with Crippen LogP contribution in [0.4, 0.5) is 0 Å². The van der Waals surface area contributed by atoms with E-state index in [2.05, 4.69) is 26.8 Å². The van der Waals surface area contributed by atoms with E-state index in [1.54, 1.807) is 6.20 Å². The molecule has 0 aromatic carbocycles. The first-order chi connectivity index (χ1) is 11.6. The molecule has 0 radical (unpaired) electrons. The summed E-state index contributed by atoms with van der Waals surface area (Å²) in [5, 5.41) is 9.74. The molecule has 1 aromatic rings. The van der Waals surface area contributed by atoms with Gasteiger partial charge in [0.05, 0.1) is 11.3 Å². The molecule has 2 saturated heterocycles. The fourth-order valence-electron chi connectivity index (χ4n) is 3.65. The minimum Gasteiger partial charge on any atom is -0.396 e. The first-order valence-corrected chi connectivity index (χ1v) is 8.66. The van der Waals surface area contributed by atoms with Crippen LogP contribution >= 0.6 is 0 Å². The second kappa shape index (κ2) is 7.55. The Balaban J connectivity index is 1.63. The third-order valence-corrected chi connectivity index (χ3v) is 5.33. The summed E-state index contributed by atoms with van der Waals surface area (Å²) in [5.74, 6) is 0.457. The van der Waals surface area contributed by atoms with E-state index >= 15 is 0 Å². The smallest absolute Gasteiger partial charge is 0.257 e. The number of amides is 1. The lowest BCUT2D eigenvalue weighted by atomic mass is 9.96. The van der Waals surface area contributed by atoms with Crippen molar-refractivity contribution in [3.8, 4) is 0 Å². The summed E-state index contributed by atoms with van der Waals surface area (Å²) in [6, 6.07) is 0. The molecule has 0 saturated carbocycles. The van der Waals surface area contributed by atoms with Gasteiger partial charge in [-0.25, -0.2) is 9.97 Å². The summed E-state index contributed by atoms with van der Waals surface area (Å²) in [6.07, 6.45) is 3.05. The zero-order valence-corrected chi connectivity index (χ0v) is 14.6. The van der Waals surface area contributed by atoms with Crippen LogP contribution in [-0.2, 0) is 0 Å². The van der Waals surface area contributed by atoms with Gasteiger partial charge in [-0.05, 0) is 19.9 Å². The molecule has 0 spiro atoms. The molecule has 3 heterocycles. The van der Waals surface area contributed by atoms with E-state index in [9.17, 15) is 9.90 Å². The zero-order valence-electron chi connectivity index (χ0n) is 14.6. The molecule has 0 bridgehead atoms. The van der Waals surface area contributed by atoms with E-state index in [4.69, 9.17) is 0 Å². The van der Waals surface area contributed by atoms with Crippen molar-refractivity contribution in [1.82, 2.24) is 24.7 Å². The molecule has 2 atom stereocenters. The summed E-state index contributed by atoms with van der Waals surface area (Å²) in [7, 11) is 2.15. The predicted octanol–water partition coefficient (Wildman–Crippen LogP) is -0.287. The molecule has 0 unspecified atom stereocenters. The summed E-state index contributed by atoms with van der Waals surface area (Å²) >= 11 is 0. The average Bonchev–Trinajstić information content (AvgIpc) is 3.00. The van der Waals surface area contributed by atoms with E-state index in [0.29, 0.717) is 30.3 Å². The number of hydrogen-bond acceptors (Lipinski definition) is 6. The molecular formula is C17H27N5O2. The van der Waals surface area contributed by atoms with Crippen molar-refractivity contribution in [1.29, 1.82) is 0 Å². The van der Waals surface area contributed by atoms with E-state index in [1.807, 2.05) is 11.8 Å². The molecule has 132 valence electrons. The van der Waals surface area contributed by atoms with Crippen LogP contribution < -0.4 is 0 Å². The third-order valence-electron chi connectivity index (χ3n) is 5.33. The Hall–Kier alpha value is -1.57. The van der Waals surface area contributed by atoms with Crippen LogP contribution in [0.2, 0.25) is 0 Å². The molecule has 7 heteroatoms. The van der Waals surface area contributed by atoms with Crippen LogP contribution in [0.5, 0.6) is 0 Å². The Kier molecular flexibility index (Phi) is 5.43. The second-order valence-electron chi connectivity index (χ2n) is 7.04. The van der Waals surface area contributed by atoms with Gasteiger partial charge in [-0.1, -0.05) is 0 Å². The Labute approximate surface area is 143 Å². The SMILES string of the molecule is Cc1ncncc1C(=O)N1C[C@@H](CN2CCN(C)CC2)[C@@H](CO)C1. The molecule has 2 aliphatic rings. The number of likely N-dealkylation sites (N-methyl/N-ethyl adjacent to an activating group) is 1. The zero-order chi connectivity index (χ0) is 17.1. The number of likely N-dealkylation sites (tertiary alicyclic amines) is 1. The maximum Gasteiger partial charge on any atom is 0.257 e. The summed E-state index contributed by atoms with van der Waals surface area (Å²) in [4.78, 5) is 27.5. The van der Waals surface area contributed by atoms with Gasteiger partial charge < -0.3 is 19.8 Å². The fraction of sp³-hybridized carbons (Fsp3) is 0.706. The third kappa shape index (κ3) is 3.74. The van der Waals surface area contributed by atoms with Crippen molar-refractivity contribution >= 4 is 5.91 Å². The molecule has 24 heavy (non-hydrogen) atoms. The van der Waals surface area contributed by atoms with Crippen molar-refractivity contribution < 1.29 is 9.90 Å². The molecule has 2 aliphatic heterocycles. The van der Waals surface area contributed by atoms with E-state index in [1.165, 1.54) is 6.33 Å². The lowest BCUT2D eigenvalue weighted by molar-refractivity contribution is 0.0775. The highest BCUT2D eigenvalue weighted by Crippen LogP contribution is 2.26. The molecule has 3 rings (SSSR count). The second-order valence-corrected chi connectivity index (χ2v) is 7.04. The molecule has 7 nitrogen and oxygen atoms in total. The number of hydrogen-bond donors (Lipinski definition) is 1. The number of aryl methyl sites for hydroxylation is 1. The Morgan fingerprint density at radius 3 is 2.62 bits per heavy atom. The van der Waals surface area contributed by atoms with Gasteiger partial charge in [0, 0.05) is 64.5 Å². The van der Waals surface area contributed by atoms with Gasteiger partial charge in [-0.15, -0.1) is 0 Å². The first-order valence-electron chi connectivity index (χ1n) is 8.66. The standard InChI is InChI=1S/C17H27N5O2/c1-13-16(7-18-12-19-13)17(24)22-9-14(15(10-22)11-23)8-21-5-3-20(2)4-6-21/h7,12,14-15,23H,3-6,8-11H2,1-2H3/t14-,15-/m1/s1. The maximum atomic E-state index is 12.8. The van der Waals surface area contributed by atoms with Gasteiger partial charge in [0.1, 0.15) is 6.33 Å². The number of aliphatic hydroxyl groups is 1. The Morgan fingerprint density at radius 1 is 1.25 bits per heavy atom. The van der Waals surface area contributed by atoms with Crippen molar-refractivity contribution in [3.63, 3.8) is 0 Å². The minimum atomic E-state index is -0.0209. The van der Waals surface area contributed by atoms with Gasteiger partial charge in [0.25, 0.3) is 5.91 Å². The van der Waals surface area contributed by atoms with Crippen LogP contribution in [0.25, 0.3) is 0 Å². The van der Waals surface area contributed by atoms with Crippen LogP contribution in [0.3, 0.4) is 0 Å². The molecule has 2 fully saturated rings. The van der Waals surface area contributed by atoms with Crippen LogP contribution in [0.1, 0.15) is 16.1 Å².